The Morgan fingerprint density at radius 2 is 2.00 bits per heavy atom. The molecule has 0 spiro atoms. The van der Waals surface area contributed by atoms with Gasteiger partial charge >= 0.3 is 0 Å². The molecule has 0 bridgehead atoms. The molecule has 0 N–H and O–H groups in total. The van der Waals surface area contributed by atoms with Crippen molar-refractivity contribution < 1.29 is 9.18 Å². The second kappa shape index (κ2) is 4.73. The highest BCUT2D eigenvalue weighted by Crippen LogP contribution is 2.38. The van der Waals surface area contributed by atoms with Crippen LogP contribution >= 0.6 is 27.5 Å². The first-order valence-corrected chi connectivity index (χ1v) is 7.02. The molecule has 0 amide bonds. The van der Waals surface area contributed by atoms with Crippen molar-refractivity contribution in [3.05, 3.63) is 68.4 Å². The summed E-state index contributed by atoms with van der Waals surface area (Å²) in [6, 6.07) is 10.8. The predicted octanol–water partition coefficient (Wildman–Crippen LogP) is 4.76. The number of Topliss-reactive ketones (excluding diaryl/α,β-unsaturated/α-hetero) is 1. The molecule has 0 saturated heterocycles. The summed E-state index contributed by atoms with van der Waals surface area (Å²) in [5.74, 6) is -1.10. The van der Waals surface area contributed by atoms with E-state index in [1.54, 1.807) is 6.07 Å². The van der Waals surface area contributed by atoms with Gasteiger partial charge in [0.25, 0.3) is 0 Å². The van der Waals surface area contributed by atoms with Crippen LogP contribution in [0.2, 0.25) is 5.02 Å². The average molecular weight is 340 g/mol. The smallest absolute Gasteiger partial charge is 0.173 e. The van der Waals surface area contributed by atoms with Gasteiger partial charge in [0.05, 0.1) is 16.5 Å². The number of hydrogen-bond donors (Lipinski definition) is 0. The van der Waals surface area contributed by atoms with E-state index in [2.05, 4.69) is 15.9 Å². The second-order valence-corrected chi connectivity index (χ2v) is 5.77. The van der Waals surface area contributed by atoms with Gasteiger partial charge in [-0.15, -0.1) is 0 Å². The molecule has 4 heteroatoms. The van der Waals surface area contributed by atoms with Gasteiger partial charge in [0.2, 0.25) is 0 Å². The maximum absolute atomic E-state index is 14.0. The van der Waals surface area contributed by atoms with Crippen molar-refractivity contribution in [2.75, 3.05) is 0 Å². The number of carbonyl (C=O) groups is 1. The molecule has 1 aliphatic carbocycles. The molecule has 3 rings (SSSR count). The Kier molecular flexibility index (Phi) is 3.19. The highest BCUT2D eigenvalue weighted by atomic mass is 79.9. The topological polar surface area (TPSA) is 17.1 Å². The van der Waals surface area contributed by atoms with E-state index in [0.29, 0.717) is 10.9 Å². The number of hydrogen-bond acceptors (Lipinski definition) is 1. The van der Waals surface area contributed by atoms with Crippen LogP contribution in [0.4, 0.5) is 4.39 Å². The number of carbonyl (C=O) groups excluding carboxylic acids is 1. The van der Waals surface area contributed by atoms with E-state index in [1.807, 2.05) is 24.3 Å². The Balaban J connectivity index is 1.97. The fourth-order valence-electron chi connectivity index (χ4n) is 2.40. The molecule has 0 heterocycles. The number of fused-ring (bicyclic) bond motifs is 1. The monoisotopic (exact) mass is 338 g/mol. The lowest BCUT2D eigenvalue weighted by atomic mass is 9.74. The van der Waals surface area contributed by atoms with E-state index in [9.17, 15) is 9.18 Å². The summed E-state index contributed by atoms with van der Waals surface area (Å²) in [5.41, 5.74) is 2.21. The molecule has 19 heavy (non-hydrogen) atoms. The summed E-state index contributed by atoms with van der Waals surface area (Å²) in [6.07, 6.45) is 0.669. The van der Waals surface area contributed by atoms with Gasteiger partial charge in [-0.25, -0.2) is 4.39 Å². The van der Waals surface area contributed by atoms with E-state index < -0.39 is 5.82 Å². The largest absolute Gasteiger partial charge is 0.293 e. The number of halogens is 3. The first kappa shape index (κ1) is 12.8. The quantitative estimate of drug-likeness (QED) is 0.569. The maximum Gasteiger partial charge on any atom is 0.173 e. The summed E-state index contributed by atoms with van der Waals surface area (Å²) >= 11 is 8.96. The van der Waals surface area contributed by atoms with Crippen molar-refractivity contribution in [1.82, 2.24) is 0 Å². The van der Waals surface area contributed by atoms with Crippen LogP contribution < -0.4 is 0 Å². The van der Waals surface area contributed by atoms with Gasteiger partial charge in [0.15, 0.2) is 11.6 Å². The van der Waals surface area contributed by atoms with Gasteiger partial charge in [-0.1, -0.05) is 35.9 Å². The second-order valence-electron chi connectivity index (χ2n) is 4.54. The number of ketones is 1. The van der Waals surface area contributed by atoms with Crippen LogP contribution in [0, 0.1) is 5.82 Å². The predicted molar refractivity (Wildman–Crippen MR) is 76.3 cm³/mol. The summed E-state index contributed by atoms with van der Waals surface area (Å²) in [4.78, 5) is 12.4. The molecule has 96 valence electrons. The Morgan fingerprint density at radius 1 is 1.26 bits per heavy atom. The molecule has 0 saturated carbocycles. The molecule has 0 aliphatic heterocycles. The van der Waals surface area contributed by atoms with Crippen molar-refractivity contribution in [2.45, 2.75) is 12.3 Å². The van der Waals surface area contributed by atoms with E-state index in [-0.39, 0.29) is 22.3 Å². The zero-order valence-electron chi connectivity index (χ0n) is 9.79. The molecule has 1 nitrogen and oxygen atoms in total. The molecule has 1 unspecified atom stereocenters. The Labute approximate surface area is 123 Å². The Hall–Kier alpha value is -1.19. The van der Waals surface area contributed by atoms with Gasteiger partial charge in [-0.2, -0.15) is 0 Å². The van der Waals surface area contributed by atoms with Crippen LogP contribution in [0.1, 0.15) is 27.4 Å². The number of rotatable bonds is 2. The zero-order chi connectivity index (χ0) is 13.6. The van der Waals surface area contributed by atoms with Gasteiger partial charge in [-0.3, -0.25) is 4.79 Å². The fraction of sp³-hybridized carbons (Fsp3) is 0.133. The zero-order valence-corrected chi connectivity index (χ0v) is 12.1. The maximum atomic E-state index is 14.0. The van der Waals surface area contributed by atoms with Crippen molar-refractivity contribution in [2.24, 2.45) is 0 Å². The minimum Gasteiger partial charge on any atom is -0.293 e. The van der Waals surface area contributed by atoms with E-state index in [1.165, 1.54) is 6.07 Å². The van der Waals surface area contributed by atoms with Crippen LogP contribution in [0.3, 0.4) is 0 Å². The number of benzene rings is 2. The van der Waals surface area contributed by atoms with E-state index in [0.717, 1.165) is 11.1 Å². The van der Waals surface area contributed by atoms with Crippen molar-refractivity contribution in [1.29, 1.82) is 0 Å². The van der Waals surface area contributed by atoms with Crippen LogP contribution in [-0.2, 0) is 6.42 Å². The Morgan fingerprint density at radius 3 is 2.74 bits per heavy atom. The minimum absolute atomic E-state index is 0.0431. The lowest BCUT2D eigenvalue weighted by Gasteiger charge is -2.29. The first-order valence-electron chi connectivity index (χ1n) is 5.85. The molecular weight excluding hydrogens is 331 g/mol. The van der Waals surface area contributed by atoms with Gasteiger partial charge in [-0.05, 0) is 45.6 Å². The first-order chi connectivity index (χ1) is 9.09. The standard InChI is InChI=1S/C15H9BrClFO/c16-12-6-5-10(14(18)13(12)17)15(19)11-7-8-3-1-2-4-9(8)11/h1-6,11H,7H2. The Bertz CT molecular complexity index is 684. The van der Waals surface area contributed by atoms with E-state index in [4.69, 9.17) is 11.6 Å². The summed E-state index contributed by atoms with van der Waals surface area (Å²) in [5, 5.41) is -0.0431. The average Bonchev–Trinajstić information content (AvgIpc) is 2.37. The molecule has 2 aromatic rings. The third kappa shape index (κ3) is 2.01. The summed E-state index contributed by atoms with van der Waals surface area (Å²) in [7, 11) is 0. The summed E-state index contributed by atoms with van der Waals surface area (Å²) in [6.45, 7) is 0. The molecule has 1 aliphatic rings. The molecule has 0 radical (unpaired) electrons. The third-order valence-corrected chi connectivity index (χ3v) is 4.73. The SMILES string of the molecule is O=C(c1ccc(Br)c(Cl)c1F)C1Cc2ccccc21. The van der Waals surface area contributed by atoms with Crippen LogP contribution in [-0.4, -0.2) is 5.78 Å². The van der Waals surface area contributed by atoms with E-state index >= 15 is 0 Å². The molecular formula is C15H9BrClFO. The lowest BCUT2D eigenvalue weighted by Crippen LogP contribution is -2.26. The lowest BCUT2D eigenvalue weighted by molar-refractivity contribution is 0.0945. The molecule has 0 fully saturated rings. The van der Waals surface area contributed by atoms with Crippen molar-refractivity contribution >= 4 is 33.3 Å². The minimum atomic E-state index is -0.648. The van der Waals surface area contributed by atoms with Gasteiger partial charge in [0.1, 0.15) is 0 Å². The highest BCUT2D eigenvalue weighted by Gasteiger charge is 2.33. The van der Waals surface area contributed by atoms with Crippen molar-refractivity contribution in [3.8, 4) is 0 Å². The van der Waals surface area contributed by atoms with Crippen LogP contribution in [0.15, 0.2) is 40.9 Å². The fourth-order valence-corrected chi connectivity index (χ4v) is 2.87. The molecule has 2 aromatic carbocycles. The normalized spacial score (nSPS) is 16.7. The van der Waals surface area contributed by atoms with Crippen LogP contribution in [0.5, 0.6) is 0 Å². The van der Waals surface area contributed by atoms with Crippen molar-refractivity contribution in [3.63, 3.8) is 0 Å². The summed E-state index contributed by atoms with van der Waals surface area (Å²) < 4.78 is 14.5. The molecule has 0 aromatic heterocycles. The molecule has 1 atom stereocenters. The van der Waals surface area contributed by atoms with Gasteiger partial charge in [0, 0.05) is 4.47 Å². The highest BCUT2D eigenvalue weighted by molar-refractivity contribution is 9.10. The third-order valence-electron chi connectivity index (χ3n) is 3.47. The van der Waals surface area contributed by atoms with Crippen LogP contribution in [0.25, 0.3) is 0 Å². The van der Waals surface area contributed by atoms with Gasteiger partial charge < -0.3 is 0 Å².